The summed E-state index contributed by atoms with van der Waals surface area (Å²) in [7, 11) is 0. The largest absolute Gasteiger partial charge is 3.00 e. The molecule has 0 aliphatic carbocycles. The van der Waals surface area contributed by atoms with Crippen LogP contribution in [0.1, 0.15) is 38.5 Å². The topological polar surface area (TPSA) is 384 Å². The van der Waals surface area contributed by atoms with E-state index >= 15 is 0 Å². The molecule has 41 heavy (non-hydrogen) atoms. The van der Waals surface area contributed by atoms with E-state index in [0.29, 0.717) is 58.2 Å². The summed E-state index contributed by atoms with van der Waals surface area (Å²) in [5, 5.41) is 58.2. The average Bonchev–Trinajstić information content (AvgIpc) is 2.76. The maximum absolute atomic E-state index is 10.1. The normalized spacial score (nSPS) is 10.6. The van der Waals surface area contributed by atoms with Crippen LogP contribution in [0.25, 0.3) is 0 Å². The van der Waals surface area contributed by atoms with Crippen LogP contribution in [0.15, 0.2) is 0 Å². The van der Waals surface area contributed by atoms with E-state index in [1.54, 1.807) is 0 Å². The van der Waals surface area contributed by atoms with Crippen LogP contribution in [-0.4, -0.2) is 73.5 Å². The molecule has 0 unspecified atom stereocenters. The van der Waals surface area contributed by atoms with Crippen LogP contribution in [-0.2, 0) is 49.1 Å². The SMILES string of the molecule is N=C(N)NCCC[C@H](N)C(=O)[O-].N=C(N)NCCC[C@H](N)C(=O)[O-].N=C(N)NCCC[C@H](N)C(=O)[O-].[Cl-].[Cl-].[Cl-].[Cr+3].[Cr+3]. The Morgan fingerprint density at radius 3 is 0.829 bits per heavy atom. The van der Waals surface area contributed by atoms with Crippen molar-refractivity contribution in [2.45, 2.75) is 56.7 Å². The van der Waals surface area contributed by atoms with Crippen LogP contribution in [0.5, 0.6) is 0 Å². The third kappa shape index (κ3) is 51.3. The molecule has 0 aliphatic heterocycles. The number of guanidine groups is 3. The minimum atomic E-state index is -1.25. The van der Waals surface area contributed by atoms with E-state index in [4.69, 9.17) is 50.6 Å². The molecule has 23 heteroatoms. The molecule has 0 fully saturated rings. The zero-order valence-electron chi connectivity index (χ0n) is 22.0. The number of carbonyl (C=O) groups is 3. The molecule has 0 aromatic carbocycles. The van der Waals surface area contributed by atoms with E-state index in [0.717, 1.165) is 0 Å². The van der Waals surface area contributed by atoms with E-state index in [2.05, 4.69) is 16.0 Å². The second-order valence-corrected chi connectivity index (χ2v) is 7.22. The van der Waals surface area contributed by atoms with Gasteiger partial charge in [0.05, 0.1) is 17.9 Å². The van der Waals surface area contributed by atoms with Gasteiger partial charge < -0.3 is 117 Å². The van der Waals surface area contributed by atoms with E-state index < -0.39 is 36.0 Å². The molecule has 2 radical (unpaired) electrons. The Balaban J connectivity index is -0.0000000626. The molecule has 0 aromatic heterocycles. The minimum Gasteiger partial charge on any atom is -1.00 e. The van der Waals surface area contributed by atoms with Crippen LogP contribution in [0.2, 0.25) is 0 Å². The monoisotopic (exact) mass is 728 g/mol. The summed E-state index contributed by atoms with van der Waals surface area (Å²) in [6.45, 7) is 1.36. The molecule has 240 valence electrons. The van der Waals surface area contributed by atoms with Crippen molar-refractivity contribution in [1.82, 2.24) is 16.0 Å². The molecular weight excluding hydrogens is 691 g/mol. The van der Waals surface area contributed by atoms with Gasteiger partial charge >= 0.3 is 34.7 Å². The Kier molecular flexibility index (Phi) is 54.4. The second kappa shape index (κ2) is 38.0. The maximum atomic E-state index is 10.1. The summed E-state index contributed by atoms with van der Waals surface area (Å²) in [5.41, 5.74) is 30.4. The maximum Gasteiger partial charge on any atom is 3.00 e. The number of carbonyl (C=O) groups excluding carboxylic acids is 3. The zero-order valence-corrected chi connectivity index (χ0v) is 26.8. The van der Waals surface area contributed by atoms with Gasteiger partial charge in [-0.05, 0) is 38.5 Å². The third-order valence-electron chi connectivity index (χ3n) is 3.93. The smallest absolute Gasteiger partial charge is 1.00 e. The Labute approximate surface area is 279 Å². The van der Waals surface area contributed by atoms with Gasteiger partial charge in [-0.25, -0.2) is 0 Å². The molecule has 0 aromatic rings. The number of carboxylic acid groups (broad SMARTS) is 3. The van der Waals surface area contributed by atoms with Gasteiger partial charge in [0.15, 0.2) is 17.9 Å². The van der Waals surface area contributed by atoms with E-state index in [9.17, 15) is 29.7 Å². The molecule has 0 spiro atoms. The van der Waals surface area contributed by atoms with Gasteiger partial charge in [-0.2, -0.15) is 0 Å². The standard InChI is InChI=1S/3C6H14N4O2.3ClH.2Cr/c3*7-4(5(11)12)2-1-3-10-6(8)9;;;;;/h3*4H,1-3,7H2,(H,11,12)(H4,8,9,10);3*1H;;/q;;;;;;2*+3/p-6/t3*4-;;;;;/m000...../s1. The summed E-state index contributed by atoms with van der Waals surface area (Å²) >= 11 is 0. The molecule has 0 heterocycles. The van der Waals surface area contributed by atoms with Crippen molar-refractivity contribution in [2.24, 2.45) is 34.4 Å². The van der Waals surface area contributed by atoms with Crippen molar-refractivity contribution in [2.75, 3.05) is 19.6 Å². The van der Waals surface area contributed by atoms with Crippen molar-refractivity contribution < 1.29 is 102 Å². The molecule has 3 atom stereocenters. The van der Waals surface area contributed by atoms with Crippen LogP contribution >= 0.6 is 0 Å². The average molecular weight is 730 g/mol. The molecule has 0 rings (SSSR count). The van der Waals surface area contributed by atoms with Crippen molar-refractivity contribution in [3.8, 4) is 0 Å². The van der Waals surface area contributed by atoms with Gasteiger partial charge in [-0.3, -0.25) is 16.2 Å². The molecule has 0 saturated carbocycles. The molecule has 18 N–H and O–H groups in total. The number of nitrogens with one attached hydrogen (secondary N) is 6. The predicted octanol–water partition coefficient (Wildman–Crippen LogP) is -17.0. The fraction of sp³-hybridized carbons (Fsp3) is 0.667. The van der Waals surface area contributed by atoms with Crippen molar-refractivity contribution in [3.63, 3.8) is 0 Å². The quantitative estimate of drug-likeness (QED) is 0.0423. The van der Waals surface area contributed by atoms with Crippen LogP contribution < -0.4 is 103 Å². The Bertz CT molecular complexity index is 630. The van der Waals surface area contributed by atoms with E-state index in [1.807, 2.05) is 0 Å². The third-order valence-corrected chi connectivity index (χ3v) is 3.93. The Morgan fingerprint density at radius 2 is 0.707 bits per heavy atom. The van der Waals surface area contributed by atoms with Crippen LogP contribution in [0.4, 0.5) is 0 Å². The number of halogens is 3. The first-order valence-corrected chi connectivity index (χ1v) is 10.7. The van der Waals surface area contributed by atoms with Crippen molar-refractivity contribution in [3.05, 3.63) is 0 Å². The fourth-order valence-corrected chi connectivity index (χ4v) is 1.99. The molecule has 0 amide bonds. The summed E-state index contributed by atoms with van der Waals surface area (Å²) in [4.78, 5) is 30.3. The van der Waals surface area contributed by atoms with Crippen molar-refractivity contribution in [1.29, 1.82) is 16.2 Å². The van der Waals surface area contributed by atoms with E-state index in [-0.39, 0.29) is 89.8 Å². The number of nitrogens with two attached hydrogens (primary N) is 6. The van der Waals surface area contributed by atoms with Gasteiger partial charge in [0.25, 0.3) is 0 Å². The Morgan fingerprint density at radius 1 is 0.537 bits per heavy atom. The van der Waals surface area contributed by atoms with E-state index in [1.165, 1.54) is 0 Å². The van der Waals surface area contributed by atoms with Gasteiger partial charge in [-0.15, -0.1) is 0 Å². The summed E-state index contributed by atoms with van der Waals surface area (Å²) in [6.07, 6.45) is 2.62. The van der Waals surface area contributed by atoms with Crippen molar-refractivity contribution >= 4 is 35.8 Å². The number of carboxylic acids is 3. The molecule has 0 saturated heterocycles. The molecule has 0 bridgehead atoms. The second-order valence-electron chi connectivity index (χ2n) is 7.22. The van der Waals surface area contributed by atoms with Gasteiger partial charge in [0.1, 0.15) is 0 Å². The number of aliphatic carboxylic acids is 3. The molecule has 0 aliphatic rings. The first-order valence-electron chi connectivity index (χ1n) is 10.7. The van der Waals surface area contributed by atoms with Crippen LogP contribution in [0, 0.1) is 16.2 Å². The first-order chi connectivity index (χ1) is 16.6. The zero-order chi connectivity index (χ0) is 28.7. The minimum absolute atomic E-state index is 0. The van der Waals surface area contributed by atoms with Gasteiger partial charge in [0, 0.05) is 37.8 Å². The predicted molar refractivity (Wildman–Crippen MR) is 126 cm³/mol. The Hall–Kier alpha value is -1.97. The van der Waals surface area contributed by atoms with Crippen LogP contribution in [0.3, 0.4) is 0 Å². The summed E-state index contributed by atoms with van der Waals surface area (Å²) < 4.78 is 0. The van der Waals surface area contributed by atoms with Gasteiger partial charge in [-0.1, -0.05) is 0 Å². The molecular formula is C18H39Cl3Cr2N12O6. The first kappa shape index (κ1) is 58.6. The number of hydrogen-bond acceptors (Lipinski definition) is 12. The van der Waals surface area contributed by atoms with Gasteiger partial charge in [0.2, 0.25) is 0 Å². The summed E-state index contributed by atoms with van der Waals surface area (Å²) in [6, 6.07) is -2.80. The number of rotatable bonds is 15. The summed E-state index contributed by atoms with van der Waals surface area (Å²) in [5.74, 6) is -4.14. The fourth-order valence-electron chi connectivity index (χ4n) is 1.99. The molecule has 18 nitrogen and oxygen atoms in total. The number of hydrogen-bond donors (Lipinski definition) is 12.